The fourth-order valence-electron chi connectivity index (χ4n) is 4.88. The van der Waals surface area contributed by atoms with Gasteiger partial charge in [-0.1, -0.05) is 6.07 Å². The molecule has 2 atom stereocenters. The number of pyridine rings is 1. The van der Waals surface area contributed by atoms with E-state index in [1.54, 1.807) is 6.20 Å². The Balaban J connectivity index is 0.00000150. The van der Waals surface area contributed by atoms with Crippen molar-refractivity contribution in [1.29, 1.82) is 0 Å². The van der Waals surface area contributed by atoms with Gasteiger partial charge in [-0.3, -0.25) is 9.59 Å². The van der Waals surface area contributed by atoms with Crippen LogP contribution in [0.15, 0.2) is 18.3 Å². The summed E-state index contributed by atoms with van der Waals surface area (Å²) in [4.78, 5) is 31.4. The minimum Gasteiger partial charge on any atom is -0.343 e. The molecule has 3 saturated heterocycles. The lowest BCUT2D eigenvalue weighted by atomic mass is 9.88. The van der Waals surface area contributed by atoms with Crippen molar-refractivity contribution in [3.05, 3.63) is 23.9 Å². The molecule has 2 amide bonds. The van der Waals surface area contributed by atoms with Crippen molar-refractivity contribution < 1.29 is 9.59 Å². The first kappa shape index (κ1) is 23.9. The number of aromatic nitrogens is 1. The third kappa shape index (κ3) is 6.06. The molecule has 1 aromatic heterocycles. The summed E-state index contributed by atoms with van der Waals surface area (Å²) in [5.74, 6) is 1.40. The third-order valence-electron chi connectivity index (χ3n) is 6.42. The predicted octanol–water partition coefficient (Wildman–Crippen LogP) is 3.33. The first-order valence-electron chi connectivity index (χ1n) is 10.3. The van der Waals surface area contributed by atoms with Crippen molar-refractivity contribution in [2.24, 2.45) is 11.8 Å². The summed E-state index contributed by atoms with van der Waals surface area (Å²) in [6.07, 6.45) is 8.73. The first-order valence-corrected chi connectivity index (χ1v) is 10.3. The summed E-state index contributed by atoms with van der Waals surface area (Å²) in [6.45, 7) is 3.35. The summed E-state index contributed by atoms with van der Waals surface area (Å²) in [5, 5.41) is 6.54. The molecule has 162 valence electrons. The number of rotatable bonds is 4. The van der Waals surface area contributed by atoms with Crippen LogP contribution in [-0.4, -0.2) is 46.9 Å². The molecule has 1 aromatic rings. The van der Waals surface area contributed by atoms with Crippen LogP contribution in [0.4, 0.5) is 5.82 Å². The van der Waals surface area contributed by atoms with Gasteiger partial charge in [0.15, 0.2) is 0 Å². The fourth-order valence-corrected chi connectivity index (χ4v) is 4.88. The lowest BCUT2D eigenvalue weighted by molar-refractivity contribution is -0.135. The normalized spacial score (nSPS) is 26.2. The second-order valence-electron chi connectivity index (χ2n) is 8.54. The highest BCUT2D eigenvalue weighted by Gasteiger charge is 2.35. The SMILES string of the molecule is Cc1ccc(NC(=O)C2CCN(C(=O)CC3CC4CCC(C3)N4)CC2)nc1.Cl.Cl. The number of aryl methyl sites for hydroxylation is 1. The van der Waals surface area contributed by atoms with Crippen LogP contribution in [0.5, 0.6) is 0 Å². The zero-order valence-corrected chi connectivity index (χ0v) is 18.6. The first-order chi connectivity index (χ1) is 13.1. The molecule has 3 fully saturated rings. The number of anilines is 1. The zero-order valence-electron chi connectivity index (χ0n) is 16.9. The Bertz CT molecular complexity index is 680. The minimum absolute atomic E-state index is 0. The molecule has 0 aliphatic carbocycles. The molecule has 0 aromatic carbocycles. The molecule has 6 nitrogen and oxygen atoms in total. The van der Waals surface area contributed by atoms with E-state index in [2.05, 4.69) is 15.6 Å². The summed E-state index contributed by atoms with van der Waals surface area (Å²) < 4.78 is 0. The molecule has 0 spiro atoms. The van der Waals surface area contributed by atoms with Gasteiger partial charge in [0.05, 0.1) is 0 Å². The molecule has 8 heteroatoms. The molecule has 29 heavy (non-hydrogen) atoms. The van der Waals surface area contributed by atoms with Gasteiger partial charge in [0.1, 0.15) is 5.82 Å². The van der Waals surface area contributed by atoms with E-state index in [1.807, 2.05) is 24.0 Å². The van der Waals surface area contributed by atoms with Crippen LogP contribution in [0.1, 0.15) is 50.5 Å². The van der Waals surface area contributed by atoms with Gasteiger partial charge in [-0.2, -0.15) is 0 Å². The number of piperidine rings is 2. The van der Waals surface area contributed by atoms with E-state index >= 15 is 0 Å². The molecule has 4 rings (SSSR count). The average Bonchev–Trinajstić information content (AvgIpc) is 3.02. The van der Waals surface area contributed by atoms with Gasteiger partial charge >= 0.3 is 0 Å². The zero-order chi connectivity index (χ0) is 18.8. The third-order valence-corrected chi connectivity index (χ3v) is 6.42. The highest BCUT2D eigenvalue weighted by molar-refractivity contribution is 5.91. The molecule has 3 aliphatic rings. The van der Waals surface area contributed by atoms with Gasteiger partial charge in [0.2, 0.25) is 11.8 Å². The summed E-state index contributed by atoms with van der Waals surface area (Å²) >= 11 is 0. The predicted molar refractivity (Wildman–Crippen MR) is 119 cm³/mol. The van der Waals surface area contributed by atoms with Crippen LogP contribution >= 0.6 is 24.8 Å². The van der Waals surface area contributed by atoms with Gasteiger partial charge in [-0.15, -0.1) is 24.8 Å². The lowest BCUT2D eigenvalue weighted by Gasteiger charge is -2.34. The van der Waals surface area contributed by atoms with E-state index in [0.717, 1.165) is 31.2 Å². The maximum atomic E-state index is 12.7. The number of nitrogens with one attached hydrogen (secondary N) is 2. The lowest BCUT2D eigenvalue weighted by Crippen LogP contribution is -2.44. The van der Waals surface area contributed by atoms with Crippen LogP contribution in [0.2, 0.25) is 0 Å². The number of hydrogen-bond donors (Lipinski definition) is 2. The highest BCUT2D eigenvalue weighted by atomic mass is 35.5. The molecular formula is C21H32Cl2N4O2. The summed E-state index contributed by atoms with van der Waals surface area (Å²) in [6, 6.07) is 5.03. The minimum atomic E-state index is -0.0353. The van der Waals surface area contributed by atoms with Gasteiger partial charge in [0.25, 0.3) is 0 Å². The van der Waals surface area contributed by atoms with Gasteiger partial charge in [-0.25, -0.2) is 4.98 Å². The maximum absolute atomic E-state index is 12.7. The van der Waals surface area contributed by atoms with Crippen LogP contribution < -0.4 is 10.6 Å². The van der Waals surface area contributed by atoms with Crippen molar-refractivity contribution in [3.63, 3.8) is 0 Å². The number of carbonyl (C=O) groups excluding carboxylic acids is 2. The van der Waals surface area contributed by atoms with Crippen molar-refractivity contribution in [2.75, 3.05) is 18.4 Å². The molecule has 4 heterocycles. The monoisotopic (exact) mass is 442 g/mol. The number of amides is 2. The summed E-state index contributed by atoms with van der Waals surface area (Å²) in [5.41, 5.74) is 1.07. The second-order valence-corrected chi connectivity index (χ2v) is 8.54. The Morgan fingerprint density at radius 1 is 1.10 bits per heavy atom. The number of halogens is 2. The van der Waals surface area contributed by atoms with E-state index in [-0.39, 0.29) is 42.5 Å². The fraction of sp³-hybridized carbons (Fsp3) is 0.667. The molecule has 2 N–H and O–H groups in total. The molecular weight excluding hydrogens is 411 g/mol. The molecule has 0 radical (unpaired) electrons. The quantitative estimate of drug-likeness (QED) is 0.749. The smallest absolute Gasteiger partial charge is 0.228 e. The van der Waals surface area contributed by atoms with E-state index in [1.165, 1.54) is 12.8 Å². The maximum Gasteiger partial charge on any atom is 0.228 e. The van der Waals surface area contributed by atoms with E-state index in [9.17, 15) is 9.59 Å². The standard InChI is InChI=1S/C21H30N4O2.2ClH/c1-14-2-5-19(22-13-14)24-21(27)16-6-8-25(9-7-16)20(26)12-15-10-17-3-4-18(11-15)23-17;;/h2,5,13,15-18,23H,3-4,6-12H2,1H3,(H,22,24,27);2*1H. The Morgan fingerprint density at radius 3 is 2.34 bits per heavy atom. The Hall–Kier alpha value is -1.37. The number of likely N-dealkylation sites (tertiary alicyclic amines) is 1. The van der Waals surface area contributed by atoms with E-state index in [0.29, 0.717) is 43.3 Å². The Kier molecular flexibility index (Phi) is 8.73. The van der Waals surface area contributed by atoms with Crippen LogP contribution in [-0.2, 0) is 9.59 Å². The molecule has 2 bridgehead atoms. The van der Waals surface area contributed by atoms with Crippen LogP contribution in [0, 0.1) is 18.8 Å². The largest absolute Gasteiger partial charge is 0.343 e. The van der Waals surface area contributed by atoms with Gasteiger partial charge in [-0.05, 0) is 63.0 Å². The van der Waals surface area contributed by atoms with Gasteiger partial charge < -0.3 is 15.5 Å². The number of fused-ring (bicyclic) bond motifs is 2. The Morgan fingerprint density at radius 2 is 1.76 bits per heavy atom. The average molecular weight is 443 g/mol. The second kappa shape index (κ2) is 10.6. The molecule has 2 unspecified atom stereocenters. The van der Waals surface area contributed by atoms with Crippen molar-refractivity contribution in [3.8, 4) is 0 Å². The van der Waals surface area contributed by atoms with Crippen molar-refractivity contribution >= 4 is 42.4 Å². The van der Waals surface area contributed by atoms with Crippen molar-refractivity contribution in [2.45, 2.75) is 64.0 Å². The topological polar surface area (TPSA) is 74.3 Å². The molecule has 0 saturated carbocycles. The van der Waals surface area contributed by atoms with Crippen molar-refractivity contribution in [1.82, 2.24) is 15.2 Å². The summed E-state index contributed by atoms with van der Waals surface area (Å²) in [7, 11) is 0. The Labute approximate surface area is 185 Å². The van der Waals surface area contributed by atoms with E-state index < -0.39 is 0 Å². The number of hydrogen-bond acceptors (Lipinski definition) is 4. The van der Waals surface area contributed by atoms with E-state index in [4.69, 9.17) is 0 Å². The van der Waals surface area contributed by atoms with Crippen LogP contribution in [0.3, 0.4) is 0 Å². The molecule has 3 aliphatic heterocycles. The number of carbonyl (C=O) groups is 2. The van der Waals surface area contributed by atoms with Crippen LogP contribution in [0.25, 0.3) is 0 Å². The highest BCUT2D eigenvalue weighted by Crippen LogP contribution is 2.33. The van der Waals surface area contributed by atoms with Gasteiger partial charge in [0, 0.05) is 43.7 Å². The number of nitrogens with zero attached hydrogens (tertiary/aromatic N) is 2.